The number of fused-ring (bicyclic) bond motifs is 3. The van der Waals surface area contributed by atoms with E-state index in [9.17, 15) is 0 Å². The van der Waals surface area contributed by atoms with Crippen LogP contribution in [-0.4, -0.2) is 9.97 Å². The minimum atomic E-state index is 1.05. The lowest BCUT2D eigenvalue weighted by atomic mass is 9.88. The van der Waals surface area contributed by atoms with Gasteiger partial charge in [-0.15, -0.1) is 0 Å². The molecule has 0 spiro atoms. The quantitative estimate of drug-likeness (QED) is 0.694. The van der Waals surface area contributed by atoms with Crippen molar-refractivity contribution in [2.45, 2.75) is 12.8 Å². The van der Waals surface area contributed by atoms with Crippen LogP contribution in [0.3, 0.4) is 0 Å². The summed E-state index contributed by atoms with van der Waals surface area (Å²) >= 11 is 0. The van der Waals surface area contributed by atoms with Gasteiger partial charge >= 0.3 is 0 Å². The van der Waals surface area contributed by atoms with Gasteiger partial charge in [0, 0.05) is 29.2 Å². The highest BCUT2D eigenvalue weighted by molar-refractivity contribution is 5.78. The summed E-state index contributed by atoms with van der Waals surface area (Å²) in [6.07, 6.45) is 6.14. The molecule has 1 aromatic carbocycles. The van der Waals surface area contributed by atoms with Crippen molar-refractivity contribution in [3.63, 3.8) is 0 Å². The summed E-state index contributed by atoms with van der Waals surface area (Å²) in [4.78, 5) is 7.91. The van der Waals surface area contributed by atoms with Crippen LogP contribution in [0, 0.1) is 0 Å². The molecule has 4 rings (SSSR count). The Bertz CT molecular complexity index is 713. The molecule has 2 aromatic heterocycles. The van der Waals surface area contributed by atoms with Gasteiger partial charge in [-0.3, -0.25) is 4.98 Å². The summed E-state index contributed by atoms with van der Waals surface area (Å²) in [5.74, 6) is 0. The predicted octanol–water partition coefficient (Wildman–Crippen LogP) is 3.84. The molecule has 0 amide bonds. The van der Waals surface area contributed by atoms with E-state index in [-0.39, 0.29) is 0 Å². The van der Waals surface area contributed by atoms with Crippen molar-refractivity contribution in [2.24, 2.45) is 0 Å². The number of nitrogens with one attached hydrogen (secondary N) is 1. The van der Waals surface area contributed by atoms with Crippen LogP contribution in [0.5, 0.6) is 0 Å². The number of H-pyrrole nitrogens is 1. The maximum Gasteiger partial charge on any atom is 0.0720 e. The van der Waals surface area contributed by atoms with Crippen LogP contribution in [-0.2, 0) is 12.8 Å². The summed E-state index contributed by atoms with van der Waals surface area (Å²) in [7, 11) is 0. The van der Waals surface area contributed by atoms with Gasteiger partial charge in [-0.25, -0.2) is 0 Å². The Kier molecular flexibility index (Phi) is 2.27. The molecule has 0 unspecified atom stereocenters. The molecule has 0 fully saturated rings. The van der Waals surface area contributed by atoms with Crippen LogP contribution >= 0.6 is 0 Å². The molecule has 92 valence electrons. The highest BCUT2D eigenvalue weighted by Crippen LogP contribution is 2.37. The normalized spacial score (nSPS) is 12.8. The number of benzene rings is 1. The van der Waals surface area contributed by atoms with E-state index in [1.807, 2.05) is 18.3 Å². The second-order valence-electron chi connectivity index (χ2n) is 4.93. The number of aromatic amines is 1. The third-order valence-corrected chi connectivity index (χ3v) is 3.86. The van der Waals surface area contributed by atoms with Gasteiger partial charge in [0.15, 0.2) is 0 Å². The van der Waals surface area contributed by atoms with Gasteiger partial charge in [0.1, 0.15) is 0 Å². The number of hydrogen-bond acceptors (Lipinski definition) is 1. The number of pyridine rings is 1. The number of aromatic nitrogens is 2. The Morgan fingerprint density at radius 3 is 2.68 bits per heavy atom. The summed E-state index contributed by atoms with van der Waals surface area (Å²) in [5.41, 5.74) is 7.74. The van der Waals surface area contributed by atoms with E-state index in [4.69, 9.17) is 0 Å². The number of nitrogens with zero attached hydrogens (tertiary/aromatic N) is 1. The maximum absolute atomic E-state index is 4.47. The standard InChI is InChI=1S/C17H14N2/c1-2-6-13-12(5-1)8-9-14-15(11-19-17(13)14)16-7-3-4-10-18-16/h1-7,10-11,19H,8-9H2. The lowest BCUT2D eigenvalue weighted by molar-refractivity contribution is 0.942. The van der Waals surface area contributed by atoms with Crippen LogP contribution in [0.1, 0.15) is 11.1 Å². The van der Waals surface area contributed by atoms with E-state index in [1.54, 1.807) is 0 Å². The number of hydrogen-bond donors (Lipinski definition) is 1. The van der Waals surface area contributed by atoms with Gasteiger partial charge in [-0.1, -0.05) is 30.3 Å². The maximum atomic E-state index is 4.47. The van der Waals surface area contributed by atoms with E-state index in [0.29, 0.717) is 0 Å². The summed E-state index contributed by atoms with van der Waals surface area (Å²) in [5, 5.41) is 0. The summed E-state index contributed by atoms with van der Waals surface area (Å²) < 4.78 is 0. The highest BCUT2D eigenvalue weighted by atomic mass is 14.7. The first kappa shape index (κ1) is 10.6. The summed E-state index contributed by atoms with van der Waals surface area (Å²) in [6, 6.07) is 14.7. The Morgan fingerprint density at radius 2 is 1.79 bits per heavy atom. The van der Waals surface area contributed by atoms with Crippen molar-refractivity contribution in [1.29, 1.82) is 0 Å². The zero-order chi connectivity index (χ0) is 12.7. The van der Waals surface area contributed by atoms with Crippen LogP contribution in [0.25, 0.3) is 22.5 Å². The Labute approximate surface area is 112 Å². The number of rotatable bonds is 1. The second-order valence-corrected chi connectivity index (χ2v) is 4.93. The molecular weight excluding hydrogens is 232 g/mol. The average Bonchev–Trinajstić information content (AvgIpc) is 2.92. The first-order valence-corrected chi connectivity index (χ1v) is 6.63. The molecule has 0 atom stereocenters. The summed E-state index contributed by atoms with van der Waals surface area (Å²) in [6.45, 7) is 0. The van der Waals surface area contributed by atoms with E-state index < -0.39 is 0 Å². The highest BCUT2D eigenvalue weighted by Gasteiger charge is 2.20. The molecule has 1 aliphatic carbocycles. The van der Waals surface area contributed by atoms with Crippen molar-refractivity contribution >= 4 is 0 Å². The van der Waals surface area contributed by atoms with Gasteiger partial charge in [0.05, 0.1) is 5.69 Å². The molecule has 1 N–H and O–H groups in total. The fraction of sp³-hybridized carbons (Fsp3) is 0.118. The zero-order valence-electron chi connectivity index (χ0n) is 10.6. The van der Waals surface area contributed by atoms with E-state index >= 15 is 0 Å². The fourth-order valence-corrected chi connectivity index (χ4v) is 2.95. The van der Waals surface area contributed by atoms with Crippen LogP contribution in [0.2, 0.25) is 0 Å². The van der Waals surface area contributed by atoms with Gasteiger partial charge in [-0.2, -0.15) is 0 Å². The van der Waals surface area contributed by atoms with Gasteiger partial charge in [-0.05, 0) is 36.1 Å². The van der Waals surface area contributed by atoms with Crippen molar-refractivity contribution in [3.05, 3.63) is 66.0 Å². The van der Waals surface area contributed by atoms with Gasteiger partial charge < -0.3 is 4.98 Å². The van der Waals surface area contributed by atoms with Crippen LogP contribution in [0.4, 0.5) is 0 Å². The smallest absolute Gasteiger partial charge is 0.0720 e. The van der Waals surface area contributed by atoms with E-state index in [0.717, 1.165) is 18.5 Å². The second kappa shape index (κ2) is 4.09. The third-order valence-electron chi connectivity index (χ3n) is 3.86. The lowest BCUT2D eigenvalue weighted by Gasteiger charge is -2.17. The minimum absolute atomic E-state index is 1.05. The first-order chi connectivity index (χ1) is 9.43. The van der Waals surface area contributed by atoms with Crippen LogP contribution < -0.4 is 0 Å². The predicted molar refractivity (Wildman–Crippen MR) is 76.9 cm³/mol. The van der Waals surface area contributed by atoms with Crippen molar-refractivity contribution < 1.29 is 0 Å². The van der Waals surface area contributed by atoms with Gasteiger partial charge in [0.2, 0.25) is 0 Å². The van der Waals surface area contributed by atoms with Crippen molar-refractivity contribution in [1.82, 2.24) is 9.97 Å². The largest absolute Gasteiger partial charge is 0.360 e. The van der Waals surface area contributed by atoms with E-state index in [2.05, 4.69) is 46.5 Å². The van der Waals surface area contributed by atoms with Crippen molar-refractivity contribution in [3.8, 4) is 22.5 Å². The minimum Gasteiger partial charge on any atom is -0.360 e. The molecule has 3 aromatic rings. The molecular formula is C17H14N2. The molecule has 2 heterocycles. The zero-order valence-corrected chi connectivity index (χ0v) is 10.6. The Balaban J connectivity index is 1.91. The third kappa shape index (κ3) is 1.60. The molecule has 1 aliphatic rings. The first-order valence-electron chi connectivity index (χ1n) is 6.63. The molecule has 0 saturated heterocycles. The average molecular weight is 246 g/mol. The van der Waals surface area contributed by atoms with Crippen LogP contribution in [0.15, 0.2) is 54.9 Å². The monoisotopic (exact) mass is 246 g/mol. The Morgan fingerprint density at radius 1 is 0.895 bits per heavy atom. The van der Waals surface area contributed by atoms with E-state index in [1.165, 1.54) is 27.9 Å². The van der Waals surface area contributed by atoms with Crippen molar-refractivity contribution in [2.75, 3.05) is 0 Å². The van der Waals surface area contributed by atoms with Gasteiger partial charge in [0.25, 0.3) is 0 Å². The molecule has 19 heavy (non-hydrogen) atoms. The number of aryl methyl sites for hydroxylation is 1. The molecule has 0 radical (unpaired) electrons. The Hall–Kier alpha value is -2.35. The molecule has 0 aliphatic heterocycles. The SMILES string of the molecule is c1ccc(-c2c[nH]c3c2CCc2ccccc2-3)nc1. The fourth-order valence-electron chi connectivity index (χ4n) is 2.95. The lowest BCUT2D eigenvalue weighted by Crippen LogP contribution is -2.03. The topological polar surface area (TPSA) is 28.7 Å². The molecule has 0 bridgehead atoms. The molecule has 0 saturated carbocycles. The molecule has 2 heteroatoms. The molecule has 2 nitrogen and oxygen atoms in total.